The Morgan fingerprint density at radius 1 is 0.759 bits per heavy atom. The van der Waals surface area contributed by atoms with Gasteiger partial charge in [-0.1, -0.05) is 117 Å². The predicted molar refractivity (Wildman–Crippen MR) is 123 cm³/mol. The molecular formula is C29H28. The fourth-order valence-electron chi connectivity index (χ4n) is 5.79. The van der Waals surface area contributed by atoms with E-state index < -0.39 is 0 Å². The highest BCUT2D eigenvalue weighted by Gasteiger charge is 2.56. The van der Waals surface area contributed by atoms with Gasteiger partial charge in [-0.3, -0.25) is 0 Å². The molecule has 2 saturated carbocycles. The summed E-state index contributed by atoms with van der Waals surface area (Å²) >= 11 is 0. The monoisotopic (exact) mass is 376 g/mol. The van der Waals surface area contributed by atoms with Crippen molar-refractivity contribution in [1.82, 2.24) is 0 Å². The van der Waals surface area contributed by atoms with Crippen LogP contribution in [0.4, 0.5) is 0 Å². The predicted octanol–water partition coefficient (Wildman–Crippen LogP) is 7.50. The molecule has 0 aromatic heterocycles. The first-order chi connectivity index (χ1) is 14.1. The van der Waals surface area contributed by atoms with Crippen molar-refractivity contribution in [3.05, 3.63) is 125 Å². The average Bonchev–Trinajstić information content (AvgIpc) is 3.25. The van der Waals surface area contributed by atoms with Crippen molar-refractivity contribution in [2.45, 2.75) is 26.2 Å². The third-order valence-electron chi connectivity index (χ3n) is 7.32. The van der Waals surface area contributed by atoms with E-state index in [0.717, 1.165) is 0 Å². The Morgan fingerprint density at radius 3 is 1.76 bits per heavy atom. The number of rotatable bonds is 3. The Kier molecular flexibility index (Phi) is 4.32. The summed E-state index contributed by atoms with van der Waals surface area (Å²) in [4.78, 5) is 0. The van der Waals surface area contributed by atoms with Gasteiger partial charge in [0.2, 0.25) is 0 Å². The van der Waals surface area contributed by atoms with E-state index in [2.05, 4.69) is 111 Å². The van der Waals surface area contributed by atoms with Crippen LogP contribution < -0.4 is 0 Å². The van der Waals surface area contributed by atoms with E-state index >= 15 is 0 Å². The van der Waals surface area contributed by atoms with Crippen molar-refractivity contribution in [2.24, 2.45) is 17.3 Å². The number of allylic oxidation sites excluding steroid dienone is 2. The zero-order chi connectivity index (χ0) is 20.0. The third-order valence-corrected chi connectivity index (χ3v) is 7.32. The molecule has 0 radical (unpaired) electrons. The Balaban J connectivity index is 1.82. The van der Waals surface area contributed by atoms with Gasteiger partial charge >= 0.3 is 0 Å². The second kappa shape index (κ2) is 6.88. The van der Waals surface area contributed by atoms with Crippen LogP contribution in [-0.4, -0.2) is 0 Å². The molecule has 3 atom stereocenters. The van der Waals surface area contributed by atoms with Crippen LogP contribution in [0.1, 0.15) is 42.9 Å². The van der Waals surface area contributed by atoms with E-state index in [1.807, 2.05) is 0 Å². The molecule has 3 aromatic rings. The molecule has 0 heteroatoms. The van der Waals surface area contributed by atoms with Crippen LogP contribution in [0.3, 0.4) is 0 Å². The van der Waals surface area contributed by atoms with Gasteiger partial charge < -0.3 is 0 Å². The molecule has 0 heterocycles. The fraction of sp³-hybridized carbons (Fsp3) is 0.241. The van der Waals surface area contributed by atoms with Crippen LogP contribution in [0.2, 0.25) is 0 Å². The Labute approximate surface area is 174 Å². The smallest absolute Gasteiger partial charge is 0.0126 e. The van der Waals surface area contributed by atoms with Crippen LogP contribution in [0.5, 0.6) is 0 Å². The van der Waals surface area contributed by atoms with Crippen LogP contribution in [-0.2, 0) is 0 Å². The molecule has 5 rings (SSSR count). The van der Waals surface area contributed by atoms with Gasteiger partial charge in [0.1, 0.15) is 0 Å². The first-order valence-electron chi connectivity index (χ1n) is 10.7. The van der Waals surface area contributed by atoms with Gasteiger partial charge in [-0.25, -0.2) is 0 Å². The first-order valence-corrected chi connectivity index (χ1v) is 10.7. The molecular weight excluding hydrogens is 348 g/mol. The zero-order valence-electron chi connectivity index (χ0n) is 17.3. The molecule has 0 unspecified atom stereocenters. The van der Waals surface area contributed by atoms with Crippen molar-refractivity contribution in [2.75, 3.05) is 0 Å². The number of benzene rings is 3. The average molecular weight is 377 g/mol. The third kappa shape index (κ3) is 2.82. The van der Waals surface area contributed by atoms with Crippen molar-refractivity contribution in [1.29, 1.82) is 0 Å². The Hall–Kier alpha value is -2.86. The highest BCUT2D eigenvalue weighted by atomic mass is 14.6. The summed E-state index contributed by atoms with van der Waals surface area (Å²) in [7, 11) is 0. The lowest BCUT2D eigenvalue weighted by molar-refractivity contribution is 0.339. The molecule has 29 heavy (non-hydrogen) atoms. The summed E-state index contributed by atoms with van der Waals surface area (Å²) < 4.78 is 0. The number of hydrogen-bond donors (Lipinski definition) is 0. The molecule has 2 fully saturated rings. The zero-order valence-corrected chi connectivity index (χ0v) is 17.3. The molecule has 0 nitrogen and oxygen atoms in total. The maximum atomic E-state index is 4.58. The molecule has 2 aliphatic carbocycles. The van der Waals surface area contributed by atoms with Crippen LogP contribution in [0, 0.1) is 17.3 Å². The van der Waals surface area contributed by atoms with Crippen molar-refractivity contribution in [3.8, 4) is 0 Å². The van der Waals surface area contributed by atoms with Gasteiger partial charge in [-0.2, -0.15) is 0 Å². The van der Waals surface area contributed by atoms with Gasteiger partial charge in [-0.05, 0) is 51.5 Å². The standard InChI is InChI=1S/C29H28/c1-20-24-19-25(29(20,2)3)28(27(24)23-17-11-6-12-18-23)26(21-13-7-4-8-14-21)22-15-9-5-10-16-22/h4-18,24-25,27H,1,19H2,2-3H3/t24-,25-,27+/m1/s1. The summed E-state index contributed by atoms with van der Waals surface area (Å²) in [6.45, 7) is 9.38. The lowest BCUT2D eigenvalue weighted by atomic mass is 9.64. The lowest BCUT2D eigenvalue weighted by Gasteiger charge is -2.40. The molecule has 144 valence electrons. The van der Waals surface area contributed by atoms with Crippen LogP contribution in [0.25, 0.3) is 5.57 Å². The second-order valence-electron chi connectivity index (χ2n) is 9.09. The van der Waals surface area contributed by atoms with Gasteiger partial charge in [0.05, 0.1) is 0 Å². The number of hydrogen-bond acceptors (Lipinski definition) is 0. The van der Waals surface area contributed by atoms with E-state index in [0.29, 0.717) is 17.8 Å². The normalized spacial score (nSPS) is 24.7. The number of fused-ring (bicyclic) bond motifs is 2. The molecule has 0 amide bonds. The topological polar surface area (TPSA) is 0 Å². The Bertz CT molecular complexity index is 1010. The van der Waals surface area contributed by atoms with Crippen molar-refractivity contribution >= 4 is 5.57 Å². The second-order valence-corrected chi connectivity index (χ2v) is 9.09. The van der Waals surface area contributed by atoms with Crippen molar-refractivity contribution < 1.29 is 0 Å². The van der Waals surface area contributed by atoms with E-state index in [4.69, 9.17) is 0 Å². The van der Waals surface area contributed by atoms with Crippen LogP contribution in [0.15, 0.2) is 109 Å². The lowest BCUT2D eigenvalue weighted by Crippen LogP contribution is -2.29. The summed E-state index contributed by atoms with van der Waals surface area (Å²) in [5.41, 5.74) is 8.67. The minimum absolute atomic E-state index is 0.139. The summed E-state index contributed by atoms with van der Waals surface area (Å²) in [5, 5.41) is 0. The first kappa shape index (κ1) is 18.2. The molecule has 0 N–H and O–H groups in total. The van der Waals surface area contributed by atoms with Gasteiger partial charge in [0.15, 0.2) is 0 Å². The molecule has 2 bridgehead atoms. The highest BCUT2D eigenvalue weighted by molar-refractivity contribution is 5.84. The van der Waals surface area contributed by atoms with Gasteiger partial charge in [-0.15, -0.1) is 0 Å². The largest absolute Gasteiger partial charge is 0.0990 e. The minimum Gasteiger partial charge on any atom is -0.0990 e. The van der Waals surface area contributed by atoms with Gasteiger partial charge in [0.25, 0.3) is 0 Å². The van der Waals surface area contributed by atoms with E-state index in [1.165, 1.54) is 34.3 Å². The molecule has 2 aliphatic rings. The molecule has 3 aromatic carbocycles. The maximum absolute atomic E-state index is 4.58. The molecule has 0 spiro atoms. The fourth-order valence-corrected chi connectivity index (χ4v) is 5.79. The minimum atomic E-state index is 0.139. The molecule has 0 aliphatic heterocycles. The highest BCUT2D eigenvalue weighted by Crippen LogP contribution is 2.67. The molecule has 0 saturated heterocycles. The summed E-state index contributed by atoms with van der Waals surface area (Å²) in [5.74, 6) is 1.47. The van der Waals surface area contributed by atoms with E-state index in [9.17, 15) is 0 Å². The Morgan fingerprint density at radius 2 is 1.24 bits per heavy atom. The van der Waals surface area contributed by atoms with Crippen LogP contribution >= 0.6 is 0 Å². The summed E-state index contributed by atoms with van der Waals surface area (Å²) in [6, 6.07) is 33.0. The maximum Gasteiger partial charge on any atom is 0.0126 e. The quantitative estimate of drug-likeness (QED) is 0.415. The van der Waals surface area contributed by atoms with E-state index in [-0.39, 0.29) is 5.41 Å². The SMILES string of the molecule is C=C1[C@H]2C[C@H](C(=C(c3ccccc3)c3ccccc3)[C@H]2c2ccccc2)C1(C)C. The van der Waals surface area contributed by atoms with Gasteiger partial charge in [0, 0.05) is 5.92 Å². The van der Waals surface area contributed by atoms with E-state index in [1.54, 1.807) is 5.57 Å². The summed E-state index contributed by atoms with van der Waals surface area (Å²) in [6.07, 6.45) is 1.21. The van der Waals surface area contributed by atoms with Crippen molar-refractivity contribution in [3.63, 3.8) is 0 Å².